The highest BCUT2D eigenvalue weighted by Gasteiger charge is 2.23. The molecule has 1 aliphatic carbocycles. The quantitative estimate of drug-likeness (QED) is 0.784. The third kappa shape index (κ3) is 1.72. The molecule has 0 radical (unpaired) electrons. The lowest BCUT2D eigenvalue weighted by Crippen LogP contribution is -2.07. The molecule has 2 aromatic rings. The maximum Gasteiger partial charge on any atom is 0.222 e. The molecule has 0 aromatic carbocycles. The van der Waals surface area contributed by atoms with Crippen molar-refractivity contribution in [2.24, 2.45) is 7.05 Å². The molecule has 0 amide bonds. The molecular weight excluding hydrogens is 256 g/mol. The second kappa shape index (κ2) is 3.96. The summed E-state index contributed by atoms with van der Waals surface area (Å²) < 4.78 is 1.54. The summed E-state index contributed by atoms with van der Waals surface area (Å²) in [5.74, 6) is -0.0191. The van der Waals surface area contributed by atoms with Gasteiger partial charge >= 0.3 is 0 Å². The van der Waals surface area contributed by atoms with Crippen LogP contribution in [0, 0.1) is 0 Å². The van der Waals surface area contributed by atoms with Gasteiger partial charge in [-0.15, -0.1) is 11.3 Å². The van der Waals surface area contributed by atoms with Crippen LogP contribution < -0.4 is 0 Å². The van der Waals surface area contributed by atoms with E-state index in [2.05, 4.69) is 5.10 Å². The van der Waals surface area contributed by atoms with Gasteiger partial charge in [-0.05, 0) is 30.9 Å². The predicted octanol–water partition coefficient (Wildman–Crippen LogP) is 2.85. The van der Waals surface area contributed by atoms with Gasteiger partial charge in [-0.1, -0.05) is 11.6 Å². The molecular formula is C12H11ClN2OS. The van der Waals surface area contributed by atoms with Crippen LogP contribution >= 0.6 is 22.9 Å². The standard InChI is InChI=1S/C12H11ClN2OS/c1-15-11(8(13)6-14-15)12(16)10-5-7-3-2-4-9(7)17-10/h5-6H,2-4H2,1H3. The van der Waals surface area contributed by atoms with Crippen molar-refractivity contribution in [3.05, 3.63) is 38.3 Å². The molecule has 2 heterocycles. The molecule has 0 N–H and O–H groups in total. The molecule has 0 atom stereocenters. The normalized spacial score (nSPS) is 14.0. The average Bonchev–Trinajstić information content (AvgIpc) is 2.92. The number of nitrogens with zero attached hydrogens (tertiary/aromatic N) is 2. The molecule has 1 aliphatic rings. The molecule has 17 heavy (non-hydrogen) atoms. The van der Waals surface area contributed by atoms with E-state index in [4.69, 9.17) is 11.6 Å². The molecule has 0 spiro atoms. The monoisotopic (exact) mass is 266 g/mol. The van der Waals surface area contributed by atoms with Gasteiger partial charge < -0.3 is 0 Å². The van der Waals surface area contributed by atoms with Crippen LogP contribution in [0.5, 0.6) is 0 Å². The molecule has 0 aliphatic heterocycles. The summed E-state index contributed by atoms with van der Waals surface area (Å²) in [4.78, 5) is 14.5. The van der Waals surface area contributed by atoms with Crippen LogP contribution in [-0.2, 0) is 19.9 Å². The number of ketones is 1. The van der Waals surface area contributed by atoms with Crippen molar-refractivity contribution in [3.63, 3.8) is 0 Å². The molecule has 3 rings (SSSR count). The summed E-state index contributed by atoms with van der Waals surface area (Å²) in [6, 6.07) is 2.01. The third-order valence-electron chi connectivity index (χ3n) is 3.08. The minimum atomic E-state index is -0.0191. The maximum absolute atomic E-state index is 12.3. The highest BCUT2D eigenvalue weighted by Crippen LogP contribution is 2.32. The Morgan fingerprint density at radius 2 is 2.35 bits per heavy atom. The molecule has 3 nitrogen and oxygen atoms in total. The maximum atomic E-state index is 12.3. The van der Waals surface area contributed by atoms with E-state index in [-0.39, 0.29) is 5.78 Å². The number of rotatable bonds is 2. The lowest BCUT2D eigenvalue weighted by atomic mass is 10.2. The zero-order valence-electron chi connectivity index (χ0n) is 9.36. The Labute approximate surface area is 108 Å². The van der Waals surface area contributed by atoms with Gasteiger partial charge in [0.05, 0.1) is 16.1 Å². The van der Waals surface area contributed by atoms with Gasteiger partial charge in [0.15, 0.2) is 0 Å². The summed E-state index contributed by atoms with van der Waals surface area (Å²) in [7, 11) is 1.74. The van der Waals surface area contributed by atoms with Crippen LogP contribution in [0.4, 0.5) is 0 Å². The molecule has 2 aromatic heterocycles. The molecule has 0 saturated heterocycles. The Morgan fingerprint density at radius 3 is 3.00 bits per heavy atom. The third-order valence-corrected chi connectivity index (χ3v) is 4.59. The van der Waals surface area contributed by atoms with E-state index < -0.39 is 0 Å². The van der Waals surface area contributed by atoms with Crippen LogP contribution in [0.1, 0.15) is 32.2 Å². The largest absolute Gasteiger partial charge is 0.286 e. The summed E-state index contributed by atoms with van der Waals surface area (Å²) in [6.07, 6.45) is 4.92. The van der Waals surface area contributed by atoms with E-state index >= 15 is 0 Å². The van der Waals surface area contributed by atoms with Gasteiger partial charge in [-0.25, -0.2) is 0 Å². The molecule has 0 saturated carbocycles. The van der Waals surface area contributed by atoms with E-state index in [0.717, 1.165) is 17.7 Å². The zero-order chi connectivity index (χ0) is 12.0. The van der Waals surface area contributed by atoms with Crippen molar-refractivity contribution in [1.82, 2.24) is 9.78 Å². The SMILES string of the molecule is Cn1ncc(Cl)c1C(=O)c1cc2c(s1)CCC2. The number of fused-ring (bicyclic) bond motifs is 1. The van der Waals surface area contributed by atoms with Crippen molar-refractivity contribution in [2.45, 2.75) is 19.3 Å². The van der Waals surface area contributed by atoms with Gasteiger partial charge in [-0.3, -0.25) is 9.48 Å². The van der Waals surface area contributed by atoms with E-state index in [9.17, 15) is 4.79 Å². The topological polar surface area (TPSA) is 34.9 Å². The number of carbonyl (C=O) groups is 1. The summed E-state index contributed by atoms with van der Waals surface area (Å²) in [5, 5.41) is 4.42. The van der Waals surface area contributed by atoms with E-state index in [1.165, 1.54) is 27.7 Å². The van der Waals surface area contributed by atoms with Crippen LogP contribution in [0.25, 0.3) is 0 Å². The Morgan fingerprint density at radius 1 is 1.53 bits per heavy atom. The predicted molar refractivity (Wildman–Crippen MR) is 68.0 cm³/mol. The van der Waals surface area contributed by atoms with Crippen molar-refractivity contribution < 1.29 is 4.79 Å². The fraction of sp³-hybridized carbons (Fsp3) is 0.333. The molecule has 0 bridgehead atoms. The summed E-state index contributed by atoms with van der Waals surface area (Å²) in [5.41, 5.74) is 1.81. The van der Waals surface area contributed by atoms with Gasteiger partial charge in [0.2, 0.25) is 5.78 Å². The fourth-order valence-electron chi connectivity index (χ4n) is 2.22. The zero-order valence-corrected chi connectivity index (χ0v) is 10.9. The summed E-state index contributed by atoms with van der Waals surface area (Å²) in [6.45, 7) is 0. The minimum absolute atomic E-state index is 0.0191. The lowest BCUT2D eigenvalue weighted by molar-refractivity contribution is 0.103. The van der Waals surface area contributed by atoms with Crippen molar-refractivity contribution in [3.8, 4) is 0 Å². The minimum Gasteiger partial charge on any atom is -0.286 e. The highest BCUT2D eigenvalue weighted by molar-refractivity contribution is 7.14. The van der Waals surface area contributed by atoms with E-state index in [1.807, 2.05) is 6.07 Å². The number of carbonyl (C=O) groups excluding carboxylic acids is 1. The summed E-state index contributed by atoms with van der Waals surface area (Å²) >= 11 is 7.58. The van der Waals surface area contributed by atoms with Crippen LogP contribution in [0.3, 0.4) is 0 Å². The van der Waals surface area contributed by atoms with Crippen LogP contribution in [0.15, 0.2) is 12.3 Å². The first kappa shape index (κ1) is 11.0. The number of halogens is 1. The second-order valence-electron chi connectivity index (χ2n) is 4.21. The van der Waals surface area contributed by atoms with E-state index in [1.54, 1.807) is 18.4 Å². The lowest BCUT2D eigenvalue weighted by Gasteiger charge is -1.99. The fourth-order valence-corrected chi connectivity index (χ4v) is 3.67. The smallest absolute Gasteiger partial charge is 0.222 e. The Kier molecular flexibility index (Phi) is 2.56. The number of thiophene rings is 1. The Bertz CT molecular complexity index is 559. The van der Waals surface area contributed by atoms with Gasteiger partial charge in [0.1, 0.15) is 5.69 Å². The average molecular weight is 267 g/mol. The van der Waals surface area contributed by atoms with Gasteiger partial charge in [0.25, 0.3) is 0 Å². The van der Waals surface area contributed by atoms with Gasteiger partial charge in [-0.2, -0.15) is 5.10 Å². The van der Waals surface area contributed by atoms with Crippen molar-refractivity contribution >= 4 is 28.7 Å². The highest BCUT2D eigenvalue weighted by atomic mass is 35.5. The molecule has 88 valence electrons. The molecule has 5 heteroatoms. The number of hydrogen-bond acceptors (Lipinski definition) is 3. The number of hydrogen-bond donors (Lipinski definition) is 0. The van der Waals surface area contributed by atoms with Crippen molar-refractivity contribution in [2.75, 3.05) is 0 Å². The molecule has 0 fully saturated rings. The Hall–Kier alpha value is -1.13. The second-order valence-corrected chi connectivity index (χ2v) is 5.75. The first-order valence-corrected chi connectivity index (χ1v) is 6.70. The van der Waals surface area contributed by atoms with Gasteiger partial charge in [0, 0.05) is 11.9 Å². The first-order valence-electron chi connectivity index (χ1n) is 5.50. The van der Waals surface area contributed by atoms with E-state index in [0.29, 0.717) is 10.7 Å². The Balaban J connectivity index is 2.02. The number of aryl methyl sites for hydroxylation is 3. The van der Waals surface area contributed by atoms with Crippen LogP contribution in [-0.4, -0.2) is 15.6 Å². The van der Waals surface area contributed by atoms with Crippen LogP contribution in [0.2, 0.25) is 5.02 Å². The molecule has 0 unspecified atom stereocenters. The van der Waals surface area contributed by atoms with Crippen molar-refractivity contribution in [1.29, 1.82) is 0 Å². The number of aromatic nitrogens is 2. The first-order chi connectivity index (χ1) is 8.16.